The molecule has 0 radical (unpaired) electrons. The molecule has 1 amide bonds. The number of methoxy groups -OCH3 is 1. The average molecular weight is 275 g/mol. The van der Waals surface area contributed by atoms with Gasteiger partial charge in [0.25, 0.3) is 5.91 Å². The number of nitrogens with one attached hydrogen (secondary N) is 1. The predicted octanol–water partition coefficient (Wildman–Crippen LogP) is 2.13. The number of carbonyl (C=O) groups excluding carboxylic acids is 1. The number of hydrogen-bond donors (Lipinski definition) is 1. The van der Waals surface area contributed by atoms with Crippen molar-refractivity contribution in [2.24, 2.45) is 0 Å². The van der Waals surface area contributed by atoms with Crippen molar-refractivity contribution in [1.29, 1.82) is 0 Å². The highest BCUT2D eigenvalue weighted by molar-refractivity contribution is 5.94. The molecule has 0 atom stereocenters. The Morgan fingerprint density at radius 1 is 1.30 bits per heavy atom. The monoisotopic (exact) mass is 275 g/mol. The minimum absolute atomic E-state index is 0.175. The fraction of sp³-hybridized carbons (Fsp3) is 0.357. The Balaban J connectivity index is 1.93. The number of nitrogens with zero attached hydrogens (tertiary/aromatic N) is 2. The van der Waals surface area contributed by atoms with Gasteiger partial charge in [-0.2, -0.15) is 0 Å². The van der Waals surface area contributed by atoms with Gasteiger partial charge in [-0.15, -0.1) is 10.2 Å². The van der Waals surface area contributed by atoms with Crippen molar-refractivity contribution in [3.05, 3.63) is 41.6 Å². The van der Waals surface area contributed by atoms with Crippen molar-refractivity contribution >= 4 is 5.91 Å². The Labute approximate surface area is 117 Å². The quantitative estimate of drug-likeness (QED) is 0.904. The van der Waals surface area contributed by atoms with Gasteiger partial charge in [-0.3, -0.25) is 4.79 Å². The molecule has 1 aromatic carbocycles. The summed E-state index contributed by atoms with van der Waals surface area (Å²) in [6, 6.07) is 6.86. The molecule has 0 aliphatic carbocycles. The lowest BCUT2D eigenvalue weighted by atomic mass is 10.2. The second-order valence-corrected chi connectivity index (χ2v) is 4.60. The second kappa shape index (κ2) is 6.18. The summed E-state index contributed by atoms with van der Waals surface area (Å²) in [6.45, 7) is 4.14. The van der Waals surface area contributed by atoms with E-state index in [9.17, 15) is 4.79 Å². The van der Waals surface area contributed by atoms with E-state index in [1.54, 1.807) is 31.4 Å². The molecule has 2 aromatic rings. The molecule has 20 heavy (non-hydrogen) atoms. The Morgan fingerprint density at radius 2 is 2.00 bits per heavy atom. The predicted molar refractivity (Wildman–Crippen MR) is 72.6 cm³/mol. The Hall–Kier alpha value is -2.37. The van der Waals surface area contributed by atoms with Crippen LogP contribution in [-0.2, 0) is 6.54 Å². The van der Waals surface area contributed by atoms with Crippen molar-refractivity contribution in [3.63, 3.8) is 0 Å². The topological polar surface area (TPSA) is 77.2 Å². The van der Waals surface area contributed by atoms with Crippen LogP contribution >= 0.6 is 0 Å². The molecule has 1 N–H and O–H groups in total. The van der Waals surface area contributed by atoms with Gasteiger partial charge >= 0.3 is 0 Å². The first-order valence-electron chi connectivity index (χ1n) is 6.34. The Kier molecular flexibility index (Phi) is 4.34. The number of amides is 1. The third-order valence-electron chi connectivity index (χ3n) is 2.73. The standard InChI is InChI=1S/C14H17N3O3/c1-9(2)14-17-16-12(20-14)8-15-13(18)10-4-6-11(19-3)7-5-10/h4-7,9H,8H2,1-3H3,(H,15,18). The molecule has 0 saturated heterocycles. The van der Waals surface area contributed by atoms with E-state index in [0.717, 1.165) is 0 Å². The summed E-state index contributed by atoms with van der Waals surface area (Å²) >= 11 is 0. The molecule has 0 saturated carbocycles. The van der Waals surface area contributed by atoms with Gasteiger partial charge < -0.3 is 14.5 Å². The van der Waals surface area contributed by atoms with Gasteiger partial charge in [0.15, 0.2) is 0 Å². The molecule has 0 unspecified atom stereocenters. The van der Waals surface area contributed by atoms with Crippen LogP contribution in [0.15, 0.2) is 28.7 Å². The van der Waals surface area contributed by atoms with E-state index in [2.05, 4.69) is 15.5 Å². The highest BCUT2D eigenvalue weighted by Gasteiger charge is 2.11. The molecule has 0 bridgehead atoms. The molecular formula is C14H17N3O3. The summed E-state index contributed by atoms with van der Waals surface area (Å²) in [4.78, 5) is 11.9. The Morgan fingerprint density at radius 3 is 2.55 bits per heavy atom. The van der Waals surface area contributed by atoms with E-state index in [0.29, 0.717) is 23.1 Å². The highest BCUT2D eigenvalue weighted by Crippen LogP contribution is 2.13. The summed E-state index contributed by atoms with van der Waals surface area (Å²) in [5.41, 5.74) is 0.550. The maximum Gasteiger partial charge on any atom is 0.251 e. The van der Waals surface area contributed by atoms with Crippen molar-refractivity contribution in [2.75, 3.05) is 7.11 Å². The van der Waals surface area contributed by atoms with Crippen LogP contribution in [0.2, 0.25) is 0 Å². The SMILES string of the molecule is COc1ccc(C(=O)NCc2nnc(C(C)C)o2)cc1. The lowest BCUT2D eigenvalue weighted by Crippen LogP contribution is -2.22. The van der Waals surface area contributed by atoms with Gasteiger partial charge in [0.05, 0.1) is 13.7 Å². The van der Waals surface area contributed by atoms with Crippen LogP contribution in [0.1, 0.15) is 41.9 Å². The number of aromatic nitrogens is 2. The first kappa shape index (κ1) is 14.0. The molecule has 0 fully saturated rings. The van der Waals surface area contributed by atoms with Gasteiger partial charge in [-0.25, -0.2) is 0 Å². The van der Waals surface area contributed by atoms with Crippen LogP contribution in [0.5, 0.6) is 5.75 Å². The number of carbonyl (C=O) groups is 1. The lowest BCUT2D eigenvalue weighted by molar-refractivity contribution is 0.0947. The fourth-order valence-electron chi connectivity index (χ4n) is 1.57. The van der Waals surface area contributed by atoms with Crippen LogP contribution in [0, 0.1) is 0 Å². The average Bonchev–Trinajstić information content (AvgIpc) is 2.94. The maximum absolute atomic E-state index is 11.9. The van der Waals surface area contributed by atoms with Gasteiger partial charge in [-0.05, 0) is 24.3 Å². The fourth-order valence-corrected chi connectivity index (χ4v) is 1.57. The third-order valence-corrected chi connectivity index (χ3v) is 2.73. The van der Waals surface area contributed by atoms with E-state index in [1.165, 1.54) is 0 Å². The van der Waals surface area contributed by atoms with Crippen LogP contribution in [-0.4, -0.2) is 23.2 Å². The first-order chi connectivity index (χ1) is 9.60. The van der Waals surface area contributed by atoms with Crippen LogP contribution in [0.3, 0.4) is 0 Å². The summed E-state index contributed by atoms with van der Waals surface area (Å²) in [6.07, 6.45) is 0. The summed E-state index contributed by atoms with van der Waals surface area (Å²) in [5, 5.41) is 10.5. The molecule has 0 spiro atoms. The van der Waals surface area contributed by atoms with E-state index in [4.69, 9.17) is 9.15 Å². The molecule has 106 valence electrons. The lowest BCUT2D eigenvalue weighted by Gasteiger charge is -2.04. The minimum atomic E-state index is -0.197. The smallest absolute Gasteiger partial charge is 0.251 e. The molecule has 6 nitrogen and oxygen atoms in total. The first-order valence-corrected chi connectivity index (χ1v) is 6.34. The van der Waals surface area contributed by atoms with Gasteiger partial charge in [-0.1, -0.05) is 13.8 Å². The number of ether oxygens (including phenoxy) is 1. The van der Waals surface area contributed by atoms with Crippen LogP contribution < -0.4 is 10.1 Å². The minimum Gasteiger partial charge on any atom is -0.497 e. The number of hydrogen-bond acceptors (Lipinski definition) is 5. The van der Waals surface area contributed by atoms with Crippen LogP contribution in [0.4, 0.5) is 0 Å². The van der Waals surface area contributed by atoms with Crippen molar-refractivity contribution in [2.45, 2.75) is 26.3 Å². The van der Waals surface area contributed by atoms with Gasteiger partial charge in [0.1, 0.15) is 5.75 Å². The molecular weight excluding hydrogens is 258 g/mol. The maximum atomic E-state index is 11.9. The largest absolute Gasteiger partial charge is 0.497 e. The van der Waals surface area contributed by atoms with Crippen molar-refractivity contribution < 1.29 is 13.9 Å². The third kappa shape index (κ3) is 3.34. The zero-order valence-corrected chi connectivity index (χ0v) is 11.7. The van der Waals surface area contributed by atoms with Crippen molar-refractivity contribution in [3.8, 4) is 5.75 Å². The molecule has 1 aromatic heterocycles. The van der Waals surface area contributed by atoms with Gasteiger partial charge in [0, 0.05) is 11.5 Å². The van der Waals surface area contributed by atoms with E-state index in [1.807, 2.05) is 13.8 Å². The highest BCUT2D eigenvalue weighted by atomic mass is 16.5. The van der Waals surface area contributed by atoms with Crippen molar-refractivity contribution in [1.82, 2.24) is 15.5 Å². The number of benzene rings is 1. The van der Waals surface area contributed by atoms with E-state index >= 15 is 0 Å². The molecule has 2 rings (SSSR count). The van der Waals surface area contributed by atoms with E-state index in [-0.39, 0.29) is 18.4 Å². The van der Waals surface area contributed by atoms with Crippen LogP contribution in [0.25, 0.3) is 0 Å². The molecule has 0 aliphatic rings. The summed E-state index contributed by atoms with van der Waals surface area (Å²) < 4.78 is 10.4. The number of rotatable bonds is 5. The molecule has 1 heterocycles. The summed E-state index contributed by atoms with van der Waals surface area (Å²) in [5.74, 6) is 1.65. The Bertz CT molecular complexity index is 576. The summed E-state index contributed by atoms with van der Waals surface area (Å²) in [7, 11) is 1.58. The zero-order chi connectivity index (χ0) is 14.5. The normalized spacial score (nSPS) is 10.6. The van der Waals surface area contributed by atoms with Gasteiger partial charge in [0.2, 0.25) is 11.8 Å². The zero-order valence-electron chi connectivity index (χ0n) is 11.7. The molecule has 6 heteroatoms. The van der Waals surface area contributed by atoms with E-state index < -0.39 is 0 Å². The molecule has 0 aliphatic heterocycles. The second-order valence-electron chi connectivity index (χ2n) is 4.60.